The minimum atomic E-state index is 0.470. The summed E-state index contributed by atoms with van der Waals surface area (Å²) in [7, 11) is 3.83. The Balaban J connectivity index is 1.73. The maximum Gasteiger partial charge on any atom is 0.191 e. The lowest BCUT2D eigenvalue weighted by molar-refractivity contribution is 0.788. The molecule has 2 rings (SSSR count). The van der Waals surface area contributed by atoms with Crippen LogP contribution in [0.15, 0.2) is 58.7 Å². The van der Waals surface area contributed by atoms with E-state index in [0.29, 0.717) is 5.25 Å². The lowest BCUT2D eigenvalue weighted by atomic mass is 10.3. The third-order valence-corrected chi connectivity index (χ3v) is 4.33. The van der Waals surface area contributed by atoms with Crippen molar-refractivity contribution < 1.29 is 0 Å². The monoisotopic (exact) mass is 316 g/mol. The van der Waals surface area contributed by atoms with Gasteiger partial charge in [0, 0.05) is 49.7 Å². The summed E-state index contributed by atoms with van der Waals surface area (Å²) in [5.74, 6) is 0.837. The predicted octanol–water partition coefficient (Wildman–Crippen LogP) is 2.87. The number of hydrogen-bond acceptors (Lipinski definition) is 2. The Morgan fingerprint density at radius 1 is 1.23 bits per heavy atom. The summed E-state index contributed by atoms with van der Waals surface area (Å²) >= 11 is 1.87. The van der Waals surface area contributed by atoms with E-state index in [0.717, 1.165) is 19.0 Å². The van der Waals surface area contributed by atoms with Crippen molar-refractivity contribution in [1.29, 1.82) is 0 Å². The van der Waals surface area contributed by atoms with Crippen molar-refractivity contribution >= 4 is 17.7 Å². The summed E-state index contributed by atoms with van der Waals surface area (Å²) in [4.78, 5) is 5.56. The molecule has 0 bridgehead atoms. The molecule has 0 aliphatic rings. The molecule has 2 N–H and O–H groups in total. The number of benzene rings is 1. The number of aromatic nitrogens is 1. The molecule has 118 valence electrons. The third kappa shape index (κ3) is 5.48. The van der Waals surface area contributed by atoms with Gasteiger partial charge in [-0.3, -0.25) is 4.99 Å². The van der Waals surface area contributed by atoms with Gasteiger partial charge in [0.05, 0.1) is 0 Å². The lowest BCUT2D eigenvalue weighted by Gasteiger charge is -2.15. The Bertz CT molecular complexity index is 592. The Labute approximate surface area is 137 Å². The highest BCUT2D eigenvalue weighted by Crippen LogP contribution is 2.21. The van der Waals surface area contributed by atoms with Crippen LogP contribution >= 0.6 is 11.8 Å². The van der Waals surface area contributed by atoms with Gasteiger partial charge in [0.15, 0.2) is 5.96 Å². The van der Waals surface area contributed by atoms with E-state index in [1.54, 1.807) is 7.05 Å². The molecular weight excluding hydrogens is 292 g/mol. The minimum absolute atomic E-state index is 0.470. The van der Waals surface area contributed by atoms with Gasteiger partial charge in [-0.25, -0.2) is 0 Å². The van der Waals surface area contributed by atoms with Gasteiger partial charge < -0.3 is 15.2 Å². The number of thioether (sulfide) groups is 1. The van der Waals surface area contributed by atoms with Gasteiger partial charge in [-0.1, -0.05) is 25.1 Å². The Hall–Kier alpha value is -1.88. The zero-order valence-electron chi connectivity index (χ0n) is 13.4. The van der Waals surface area contributed by atoms with Crippen LogP contribution in [0.2, 0.25) is 0 Å². The number of aryl methyl sites for hydroxylation is 1. The molecule has 1 heterocycles. The average Bonchev–Trinajstić information content (AvgIpc) is 2.94. The van der Waals surface area contributed by atoms with Crippen LogP contribution in [0.3, 0.4) is 0 Å². The van der Waals surface area contributed by atoms with Crippen LogP contribution in [0, 0.1) is 0 Å². The van der Waals surface area contributed by atoms with E-state index < -0.39 is 0 Å². The fourth-order valence-corrected chi connectivity index (χ4v) is 3.03. The van der Waals surface area contributed by atoms with E-state index in [1.807, 2.05) is 35.6 Å². The van der Waals surface area contributed by atoms with Crippen molar-refractivity contribution in [3.63, 3.8) is 0 Å². The topological polar surface area (TPSA) is 41.4 Å². The zero-order chi connectivity index (χ0) is 15.8. The first-order valence-corrected chi connectivity index (χ1v) is 8.32. The summed E-state index contributed by atoms with van der Waals surface area (Å²) in [6.45, 7) is 3.86. The fourth-order valence-electron chi connectivity index (χ4n) is 2.09. The van der Waals surface area contributed by atoms with E-state index in [-0.39, 0.29) is 0 Å². The molecule has 22 heavy (non-hydrogen) atoms. The van der Waals surface area contributed by atoms with Crippen LogP contribution in [0.5, 0.6) is 0 Å². The largest absolute Gasteiger partial charge is 0.357 e. The highest BCUT2D eigenvalue weighted by molar-refractivity contribution is 8.00. The summed E-state index contributed by atoms with van der Waals surface area (Å²) in [5.41, 5.74) is 1.25. The zero-order valence-corrected chi connectivity index (χ0v) is 14.2. The van der Waals surface area contributed by atoms with Crippen molar-refractivity contribution in [3.05, 3.63) is 54.4 Å². The third-order valence-electron chi connectivity index (χ3n) is 3.21. The standard InChI is InChI=1S/C17H24N4S/c1-14(22-16-7-5-4-6-8-16)11-19-17(18-2)20-12-15-9-10-21(3)13-15/h4-10,13-14H,11-12H2,1-3H3,(H2,18,19,20). The molecule has 1 atom stereocenters. The van der Waals surface area contributed by atoms with E-state index in [2.05, 4.69) is 59.1 Å². The number of nitrogens with one attached hydrogen (secondary N) is 2. The SMILES string of the molecule is CN=C(NCc1ccn(C)c1)NCC(C)Sc1ccccc1. The molecule has 2 aromatic rings. The van der Waals surface area contributed by atoms with Crippen LogP contribution in [-0.2, 0) is 13.6 Å². The van der Waals surface area contributed by atoms with Gasteiger partial charge >= 0.3 is 0 Å². The molecular formula is C17H24N4S. The quantitative estimate of drug-likeness (QED) is 0.489. The molecule has 0 amide bonds. The fraction of sp³-hybridized carbons (Fsp3) is 0.353. The van der Waals surface area contributed by atoms with E-state index in [9.17, 15) is 0 Å². The molecule has 0 saturated carbocycles. The number of rotatable bonds is 6. The number of guanidine groups is 1. The molecule has 0 radical (unpaired) electrons. The van der Waals surface area contributed by atoms with Crippen LogP contribution < -0.4 is 10.6 Å². The number of hydrogen-bond donors (Lipinski definition) is 2. The average molecular weight is 316 g/mol. The maximum absolute atomic E-state index is 4.27. The summed E-state index contributed by atoms with van der Waals surface area (Å²) < 4.78 is 2.05. The highest BCUT2D eigenvalue weighted by atomic mass is 32.2. The van der Waals surface area contributed by atoms with Gasteiger partial charge in [-0.05, 0) is 23.8 Å². The van der Waals surface area contributed by atoms with Gasteiger partial charge in [0.2, 0.25) is 0 Å². The first-order valence-electron chi connectivity index (χ1n) is 7.44. The molecule has 5 heteroatoms. The Kier molecular flexibility index (Phi) is 6.40. The van der Waals surface area contributed by atoms with E-state index in [1.165, 1.54) is 10.5 Å². The van der Waals surface area contributed by atoms with E-state index in [4.69, 9.17) is 0 Å². The van der Waals surface area contributed by atoms with Crippen molar-refractivity contribution in [3.8, 4) is 0 Å². The second-order valence-corrected chi connectivity index (χ2v) is 6.75. The van der Waals surface area contributed by atoms with Crippen molar-refractivity contribution in [2.24, 2.45) is 12.0 Å². The number of aliphatic imine (C=N–C) groups is 1. The second-order valence-electron chi connectivity index (χ2n) is 5.23. The second kappa shape index (κ2) is 8.54. The summed E-state index contributed by atoms with van der Waals surface area (Å²) in [6.07, 6.45) is 4.15. The molecule has 0 aliphatic carbocycles. The van der Waals surface area contributed by atoms with Crippen LogP contribution in [0.4, 0.5) is 0 Å². The molecule has 0 fully saturated rings. The molecule has 1 aromatic heterocycles. The van der Waals surface area contributed by atoms with Gasteiger partial charge in [0.25, 0.3) is 0 Å². The smallest absolute Gasteiger partial charge is 0.191 e. The number of nitrogens with zero attached hydrogens (tertiary/aromatic N) is 2. The molecule has 1 aromatic carbocycles. The predicted molar refractivity (Wildman–Crippen MR) is 95.4 cm³/mol. The van der Waals surface area contributed by atoms with Crippen molar-refractivity contribution in [1.82, 2.24) is 15.2 Å². The van der Waals surface area contributed by atoms with Crippen molar-refractivity contribution in [2.75, 3.05) is 13.6 Å². The minimum Gasteiger partial charge on any atom is -0.357 e. The van der Waals surface area contributed by atoms with Gasteiger partial charge in [-0.2, -0.15) is 0 Å². The summed E-state index contributed by atoms with van der Waals surface area (Å²) in [5, 5.41) is 7.18. The normalized spacial score (nSPS) is 13.0. The van der Waals surface area contributed by atoms with Crippen LogP contribution in [0.25, 0.3) is 0 Å². The summed E-state index contributed by atoms with van der Waals surface area (Å²) in [6, 6.07) is 12.6. The maximum atomic E-state index is 4.27. The van der Waals surface area contributed by atoms with E-state index >= 15 is 0 Å². The first kappa shape index (κ1) is 16.5. The molecule has 0 aliphatic heterocycles. The molecule has 1 unspecified atom stereocenters. The molecule has 4 nitrogen and oxygen atoms in total. The van der Waals surface area contributed by atoms with Crippen LogP contribution in [-0.4, -0.2) is 29.4 Å². The van der Waals surface area contributed by atoms with Crippen LogP contribution in [0.1, 0.15) is 12.5 Å². The van der Waals surface area contributed by atoms with Crippen molar-refractivity contribution in [2.45, 2.75) is 23.6 Å². The van der Waals surface area contributed by atoms with Gasteiger partial charge in [0.1, 0.15) is 0 Å². The Morgan fingerprint density at radius 3 is 2.64 bits per heavy atom. The van der Waals surface area contributed by atoms with Gasteiger partial charge in [-0.15, -0.1) is 11.8 Å². The lowest BCUT2D eigenvalue weighted by Crippen LogP contribution is -2.39. The molecule has 0 spiro atoms. The molecule has 0 saturated heterocycles. The highest BCUT2D eigenvalue weighted by Gasteiger charge is 2.06. The first-order chi connectivity index (χ1) is 10.7. The Morgan fingerprint density at radius 2 is 2.00 bits per heavy atom.